The third-order valence-electron chi connectivity index (χ3n) is 5.66. The van der Waals surface area contributed by atoms with Gasteiger partial charge in [-0.2, -0.15) is 0 Å². The van der Waals surface area contributed by atoms with Gasteiger partial charge in [-0.05, 0) is 30.9 Å². The number of hydrogen-bond donors (Lipinski definition) is 0. The number of rotatable bonds is 4. The van der Waals surface area contributed by atoms with Crippen LogP contribution in [-0.4, -0.2) is 35.0 Å². The van der Waals surface area contributed by atoms with Crippen LogP contribution in [0.25, 0.3) is 0 Å². The molecule has 0 bridgehead atoms. The molecule has 3 heterocycles. The van der Waals surface area contributed by atoms with E-state index >= 15 is 0 Å². The molecule has 1 saturated heterocycles. The molecule has 3 atom stereocenters. The highest BCUT2D eigenvalue weighted by molar-refractivity contribution is 6.30. The van der Waals surface area contributed by atoms with E-state index < -0.39 is 0 Å². The average Bonchev–Trinajstić information content (AvgIpc) is 2.99. The van der Waals surface area contributed by atoms with E-state index in [1.165, 1.54) is 18.4 Å². The minimum Gasteiger partial charge on any atom is -0.359 e. The van der Waals surface area contributed by atoms with E-state index in [0.717, 1.165) is 30.9 Å². The molecule has 0 spiro atoms. The van der Waals surface area contributed by atoms with E-state index in [9.17, 15) is 0 Å². The lowest BCUT2D eigenvalue weighted by molar-refractivity contribution is 0.174. The molecule has 5 heteroatoms. The largest absolute Gasteiger partial charge is 0.359 e. The Kier molecular flexibility index (Phi) is 4.65. The molecule has 2 aliphatic rings. The third-order valence-corrected chi connectivity index (χ3v) is 5.97. The Morgan fingerprint density at radius 1 is 1.20 bits per heavy atom. The van der Waals surface area contributed by atoms with Gasteiger partial charge in [0, 0.05) is 31.2 Å². The first-order valence-corrected chi connectivity index (χ1v) is 9.60. The van der Waals surface area contributed by atoms with Gasteiger partial charge in [0.2, 0.25) is 0 Å². The van der Waals surface area contributed by atoms with Crippen LogP contribution in [0.15, 0.2) is 36.7 Å². The Bertz CT molecular complexity index is 736. The molecule has 2 aromatic rings. The lowest BCUT2D eigenvalue weighted by Gasteiger charge is -2.39. The lowest BCUT2D eigenvalue weighted by Crippen LogP contribution is -2.38. The summed E-state index contributed by atoms with van der Waals surface area (Å²) in [6, 6.07) is 11.7. The van der Waals surface area contributed by atoms with Crippen LogP contribution in [0.3, 0.4) is 0 Å². The molecule has 1 fully saturated rings. The Balaban J connectivity index is 1.77. The lowest BCUT2D eigenvalue weighted by atomic mass is 9.89. The molecule has 132 valence electrons. The number of unbranched alkanes of at least 4 members (excludes halogenated alkanes) is 1. The molecule has 0 N–H and O–H groups in total. The van der Waals surface area contributed by atoms with Crippen molar-refractivity contribution >= 4 is 17.4 Å². The van der Waals surface area contributed by atoms with Crippen LogP contribution in [0.5, 0.6) is 0 Å². The second kappa shape index (κ2) is 6.93. The number of aromatic nitrogens is 2. The summed E-state index contributed by atoms with van der Waals surface area (Å²) in [6.07, 6.45) is 5.13. The second-order valence-corrected chi connectivity index (χ2v) is 7.60. The molecule has 4 nitrogen and oxygen atoms in total. The minimum absolute atomic E-state index is 0.316. The molecule has 25 heavy (non-hydrogen) atoms. The summed E-state index contributed by atoms with van der Waals surface area (Å²) in [6.45, 7) is 4.37. The fourth-order valence-electron chi connectivity index (χ4n) is 4.59. The van der Waals surface area contributed by atoms with Crippen molar-refractivity contribution < 1.29 is 0 Å². The smallest absolute Gasteiger partial charge is 0.139 e. The molecule has 0 unspecified atom stereocenters. The van der Waals surface area contributed by atoms with Gasteiger partial charge < -0.3 is 4.90 Å². The predicted molar refractivity (Wildman–Crippen MR) is 102 cm³/mol. The molecule has 0 radical (unpaired) electrons. The van der Waals surface area contributed by atoms with E-state index in [-0.39, 0.29) is 0 Å². The highest BCUT2D eigenvalue weighted by Crippen LogP contribution is 2.53. The highest BCUT2D eigenvalue weighted by Gasteiger charge is 2.47. The number of halogens is 1. The molecule has 2 aliphatic heterocycles. The van der Waals surface area contributed by atoms with Crippen LogP contribution in [0.2, 0.25) is 5.15 Å². The maximum absolute atomic E-state index is 6.56. The molecular weight excluding hydrogens is 332 g/mol. The Morgan fingerprint density at radius 2 is 2.00 bits per heavy atom. The van der Waals surface area contributed by atoms with Crippen LogP contribution < -0.4 is 4.90 Å². The van der Waals surface area contributed by atoms with Gasteiger partial charge in [0.1, 0.15) is 17.3 Å². The zero-order valence-corrected chi connectivity index (χ0v) is 15.7. The van der Waals surface area contributed by atoms with E-state index in [0.29, 0.717) is 23.2 Å². The minimum atomic E-state index is 0.316. The molecule has 1 aromatic heterocycles. The van der Waals surface area contributed by atoms with Crippen molar-refractivity contribution in [3.05, 3.63) is 52.9 Å². The number of fused-ring (bicyclic) bond motifs is 3. The number of hydrogen-bond acceptors (Lipinski definition) is 4. The fraction of sp³-hybridized carbons (Fsp3) is 0.500. The van der Waals surface area contributed by atoms with Crippen LogP contribution in [0.1, 0.15) is 49.4 Å². The summed E-state index contributed by atoms with van der Waals surface area (Å²) in [5.41, 5.74) is 2.53. The Hall–Kier alpha value is -1.65. The van der Waals surface area contributed by atoms with E-state index in [1.54, 1.807) is 6.33 Å². The zero-order valence-electron chi connectivity index (χ0n) is 14.9. The number of benzene rings is 1. The van der Waals surface area contributed by atoms with Gasteiger partial charge in [-0.1, -0.05) is 55.3 Å². The third kappa shape index (κ3) is 2.91. The van der Waals surface area contributed by atoms with Crippen LogP contribution in [0.4, 0.5) is 5.82 Å². The van der Waals surface area contributed by atoms with E-state index in [2.05, 4.69) is 64.1 Å². The highest BCUT2D eigenvalue weighted by atomic mass is 35.5. The molecule has 4 rings (SSSR count). The van der Waals surface area contributed by atoms with Crippen molar-refractivity contribution in [3.8, 4) is 0 Å². The Morgan fingerprint density at radius 3 is 2.76 bits per heavy atom. The first kappa shape index (κ1) is 16.8. The monoisotopic (exact) mass is 356 g/mol. The van der Waals surface area contributed by atoms with Crippen molar-refractivity contribution in [2.24, 2.45) is 5.92 Å². The van der Waals surface area contributed by atoms with Crippen molar-refractivity contribution in [2.45, 2.75) is 38.3 Å². The number of anilines is 1. The van der Waals surface area contributed by atoms with Crippen LogP contribution in [-0.2, 0) is 0 Å². The van der Waals surface area contributed by atoms with Crippen molar-refractivity contribution in [3.63, 3.8) is 0 Å². The van der Waals surface area contributed by atoms with Crippen molar-refractivity contribution in [1.29, 1.82) is 0 Å². The van der Waals surface area contributed by atoms with Gasteiger partial charge >= 0.3 is 0 Å². The Labute approximate surface area is 154 Å². The fourth-order valence-corrected chi connectivity index (χ4v) is 4.83. The average molecular weight is 357 g/mol. The topological polar surface area (TPSA) is 32.3 Å². The van der Waals surface area contributed by atoms with Gasteiger partial charge in [0.25, 0.3) is 0 Å². The van der Waals surface area contributed by atoms with Gasteiger partial charge in [0.15, 0.2) is 0 Å². The van der Waals surface area contributed by atoms with E-state index in [1.807, 2.05) is 0 Å². The number of likely N-dealkylation sites (tertiary alicyclic amines) is 1. The van der Waals surface area contributed by atoms with Gasteiger partial charge in [-0.25, -0.2) is 9.97 Å². The molecule has 0 aliphatic carbocycles. The molecular formula is C20H25ClN4. The van der Waals surface area contributed by atoms with Crippen LogP contribution >= 0.6 is 11.6 Å². The molecule has 0 amide bonds. The van der Waals surface area contributed by atoms with Gasteiger partial charge in [-0.15, -0.1) is 0 Å². The molecule has 0 saturated carbocycles. The predicted octanol–water partition coefficient (Wildman–Crippen LogP) is 4.48. The summed E-state index contributed by atoms with van der Waals surface area (Å²) in [7, 11) is 2.12. The first-order chi connectivity index (χ1) is 12.2. The van der Waals surface area contributed by atoms with Crippen molar-refractivity contribution in [1.82, 2.24) is 14.9 Å². The standard InChI is InChI=1S/C20H25ClN4/c1-3-4-10-25-16(14-8-6-5-7-9-14)11-15-12-24(2)20-17(18(15)25)19(21)22-13-23-20/h5-9,13,15-16,18H,3-4,10-12H2,1-2H3/t15-,16-,18-/m1/s1. The van der Waals surface area contributed by atoms with Gasteiger partial charge in [-0.3, -0.25) is 4.90 Å². The van der Waals surface area contributed by atoms with Crippen molar-refractivity contribution in [2.75, 3.05) is 25.0 Å². The SMILES string of the molecule is CCCCN1[C@@H](c2ccccc2)C[C@@H]2CN(C)c3ncnc(Cl)c3[C@@H]21. The maximum Gasteiger partial charge on any atom is 0.139 e. The normalized spacial score (nSPS) is 25.7. The van der Waals surface area contributed by atoms with Crippen LogP contribution in [0, 0.1) is 5.92 Å². The van der Waals surface area contributed by atoms with E-state index in [4.69, 9.17) is 11.6 Å². The summed E-state index contributed by atoms with van der Waals surface area (Å²) >= 11 is 6.56. The quantitative estimate of drug-likeness (QED) is 0.756. The summed E-state index contributed by atoms with van der Waals surface area (Å²) in [5, 5.41) is 0.613. The first-order valence-electron chi connectivity index (χ1n) is 9.23. The number of nitrogens with zero attached hydrogens (tertiary/aromatic N) is 4. The molecule has 1 aromatic carbocycles. The summed E-state index contributed by atoms with van der Waals surface area (Å²) in [4.78, 5) is 13.7. The maximum atomic E-state index is 6.56. The summed E-state index contributed by atoms with van der Waals surface area (Å²) in [5.74, 6) is 1.56. The summed E-state index contributed by atoms with van der Waals surface area (Å²) < 4.78 is 0. The second-order valence-electron chi connectivity index (χ2n) is 7.24. The zero-order chi connectivity index (χ0) is 17.4. The van der Waals surface area contributed by atoms with Gasteiger partial charge in [0.05, 0.1) is 0 Å².